The topological polar surface area (TPSA) is 249 Å². The first kappa shape index (κ1) is 45.1. The van der Waals surface area contributed by atoms with Crippen molar-refractivity contribution in [2.24, 2.45) is 0 Å². The Kier molecular flexibility index (Phi) is 11.8. The van der Waals surface area contributed by atoms with Crippen LogP contribution in [0, 0.1) is 34.3 Å². The second-order valence-electron chi connectivity index (χ2n) is 17.1. The standard InChI is InChI=1S/C26H24FN7O4.C21H16FN7O2/c1-26(2,3)38-25(37)33-13-18-23(24(33)36)19(11-17(30-18)22-15(12-28)5-4-6-16(22)27)34-9-7-20(31-34)32-10-8-29-21(35)14-32;22-13-3-1-2-12(9-23)19(13)14-8-16(20-15(26-14)10-25-21(20)31)29-6-4-17(27-29)28-7-5-24-18(30)11-28/h4-7,9,11H,8,10,13-14H2,1-3H3,(H,29,35);1-4,6,8H,5,7,10-11H2,(H,24,30)(H,25,31). The first-order valence-electron chi connectivity index (χ1n) is 21.5. The molecule has 8 heterocycles. The van der Waals surface area contributed by atoms with Crippen molar-refractivity contribution in [3.63, 3.8) is 0 Å². The normalized spacial score (nSPS) is 15.3. The zero-order valence-electron chi connectivity index (χ0n) is 37.2. The van der Waals surface area contributed by atoms with Gasteiger partial charge in [-0.25, -0.2) is 37.8 Å². The van der Waals surface area contributed by atoms with Crippen molar-refractivity contribution in [2.45, 2.75) is 39.5 Å². The minimum absolute atomic E-state index is 0.0256. The summed E-state index contributed by atoms with van der Waals surface area (Å²) in [6.45, 7) is 7.54. The van der Waals surface area contributed by atoms with Crippen LogP contribution in [0.2, 0.25) is 0 Å². The van der Waals surface area contributed by atoms with Gasteiger partial charge < -0.3 is 30.5 Å². The number of nitrogens with zero attached hydrogens (tertiary/aromatic N) is 11. The molecule has 20 nitrogen and oxygen atoms in total. The lowest BCUT2D eigenvalue weighted by molar-refractivity contribution is -0.121. The van der Waals surface area contributed by atoms with Crippen LogP contribution in [0.3, 0.4) is 0 Å². The van der Waals surface area contributed by atoms with Crippen LogP contribution in [0.15, 0.2) is 73.1 Å². The zero-order valence-corrected chi connectivity index (χ0v) is 37.2. The van der Waals surface area contributed by atoms with Crippen molar-refractivity contribution in [3.05, 3.63) is 118 Å². The average Bonchev–Trinajstić information content (AvgIpc) is 4.15. The Labute approximate surface area is 391 Å². The van der Waals surface area contributed by atoms with E-state index in [0.29, 0.717) is 54.8 Å². The Hall–Kier alpha value is -9.05. The molecule has 0 spiro atoms. The van der Waals surface area contributed by atoms with Gasteiger partial charge in [-0.15, -0.1) is 0 Å². The molecule has 348 valence electrons. The molecule has 0 unspecified atom stereocenters. The maximum Gasteiger partial charge on any atom is 0.417 e. The number of amides is 5. The van der Waals surface area contributed by atoms with Gasteiger partial charge in [0.15, 0.2) is 11.6 Å². The number of piperazine rings is 2. The molecule has 4 aromatic heterocycles. The number of nitrogens with one attached hydrogen (secondary N) is 3. The number of aromatic nitrogens is 6. The maximum absolute atomic E-state index is 15.0. The summed E-state index contributed by atoms with van der Waals surface area (Å²) in [5, 5.41) is 36.4. The predicted molar refractivity (Wildman–Crippen MR) is 241 cm³/mol. The molecule has 5 amide bonds. The van der Waals surface area contributed by atoms with E-state index in [9.17, 15) is 43.3 Å². The Bertz CT molecular complexity index is 3220. The van der Waals surface area contributed by atoms with Crippen molar-refractivity contribution in [1.82, 2.24) is 50.4 Å². The predicted octanol–water partition coefficient (Wildman–Crippen LogP) is 3.90. The van der Waals surface area contributed by atoms with Crippen LogP contribution in [0.4, 0.5) is 25.2 Å². The Balaban J connectivity index is 0.000000175. The van der Waals surface area contributed by atoms with Gasteiger partial charge in [-0.3, -0.25) is 19.2 Å². The summed E-state index contributed by atoms with van der Waals surface area (Å²) in [5.41, 5.74) is 1.61. The van der Waals surface area contributed by atoms with E-state index in [1.165, 1.54) is 51.8 Å². The number of carbonyl (C=O) groups excluding carboxylic acids is 5. The van der Waals surface area contributed by atoms with Crippen molar-refractivity contribution in [1.29, 1.82) is 10.5 Å². The van der Waals surface area contributed by atoms with Gasteiger partial charge in [-0.2, -0.15) is 20.7 Å². The third-order valence-corrected chi connectivity index (χ3v) is 11.3. The van der Waals surface area contributed by atoms with Crippen LogP contribution in [0.5, 0.6) is 0 Å². The van der Waals surface area contributed by atoms with Crippen molar-refractivity contribution in [2.75, 3.05) is 49.1 Å². The van der Waals surface area contributed by atoms with E-state index in [1.807, 2.05) is 17.0 Å². The van der Waals surface area contributed by atoms with Gasteiger partial charge in [0.2, 0.25) is 11.8 Å². The maximum atomic E-state index is 15.0. The first-order chi connectivity index (χ1) is 33.1. The molecular formula is C47H40F2N14O6. The number of carbonyl (C=O) groups is 5. The van der Waals surface area contributed by atoms with E-state index < -0.39 is 29.2 Å². The first-order valence-corrected chi connectivity index (χ1v) is 21.5. The fraction of sp³-hybridized carbons (Fsp3) is 0.255. The van der Waals surface area contributed by atoms with Crippen LogP contribution >= 0.6 is 0 Å². The lowest BCUT2D eigenvalue weighted by atomic mass is 10.0. The number of halogens is 2. The van der Waals surface area contributed by atoms with E-state index in [0.717, 1.165) is 4.90 Å². The second kappa shape index (κ2) is 18.0. The van der Waals surface area contributed by atoms with Gasteiger partial charge in [0.1, 0.15) is 17.2 Å². The molecule has 10 rings (SSSR count). The molecule has 4 aliphatic rings. The number of rotatable bonds is 6. The smallest absolute Gasteiger partial charge is 0.417 e. The monoisotopic (exact) mass is 934 g/mol. The third kappa shape index (κ3) is 8.85. The molecule has 6 aromatic rings. The van der Waals surface area contributed by atoms with Gasteiger partial charge in [0, 0.05) is 50.7 Å². The zero-order chi connectivity index (χ0) is 48.7. The van der Waals surface area contributed by atoms with Gasteiger partial charge in [-0.1, -0.05) is 12.1 Å². The van der Waals surface area contributed by atoms with Crippen molar-refractivity contribution < 1.29 is 37.5 Å². The summed E-state index contributed by atoms with van der Waals surface area (Å²) in [6.07, 6.45) is 2.45. The highest BCUT2D eigenvalue weighted by molar-refractivity contribution is 6.09. The summed E-state index contributed by atoms with van der Waals surface area (Å²) in [7, 11) is 0. The van der Waals surface area contributed by atoms with Crippen LogP contribution in [0.25, 0.3) is 33.9 Å². The highest BCUT2D eigenvalue weighted by Crippen LogP contribution is 2.35. The Morgan fingerprint density at radius 3 is 1.68 bits per heavy atom. The molecule has 0 atom stereocenters. The minimum atomic E-state index is -0.836. The molecule has 4 aliphatic heterocycles. The highest BCUT2D eigenvalue weighted by atomic mass is 19.1. The summed E-state index contributed by atoms with van der Waals surface area (Å²) in [6, 6.07) is 18.8. The number of ether oxygens (including phenoxy) is 1. The lowest BCUT2D eigenvalue weighted by Gasteiger charge is -2.26. The van der Waals surface area contributed by atoms with Crippen LogP contribution in [0.1, 0.15) is 64.0 Å². The molecule has 69 heavy (non-hydrogen) atoms. The van der Waals surface area contributed by atoms with Crippen molar-refractivity contribution >= 4 is 41.4 Å². The molecule has 22 heteroatoms. The van der Waals surface area contributed by atoms with E-state index in [2.05, 4.69) is 36.1 Å². The lowest BCUT2D eigenvalue weighted by Crippen LogP contribution is -2.47. The summed E-state index contributed by atoms with van der Waals surface area (Å²) in [4.78, 5) is 75.8. The van der Waals surface area contributed by atoms with Crippen molar-refractivity contribution in [3.8, 4) is 46.0 Å². The summed E-state index contributed by atoms with van der Waals surface area (Å²) >= 11 is 0. The number of benzene rings is 2. The number of hydrogen-bond acceptors (Lipinski definition) is 14. The average molecular weight is 935 g/mol. The molecule has 0 bridgehead atoms. The van der Waals surface area contributed by atoms with E-state index in [4.69, 9.17) is 4.74 Å². The molecule has 0 aliphatic carbocycles. The summed E-state index contributed by atoms with van der Waals surface area (Å²) < 4.78 is 37.9. The molecule has 2 fully saturated rings. The number of pyridine rings is 2. The van der Waals surface area contributed by atoms with Crippen LogP contribution < -0.4 is 25.8 Å². The number of nitriles is 2. The van der Waals surface area contributed by atoms with E-state index in [-0.39, 0.29) is 94.5 Å². The molecule has 3 N–H and O–H groups in total. The van der Waals surface area contributed by atoms with Gasteiger partial charge in [0.25, 0.3) is 11.8 Å². The number of fused-ring (bicyclic) bond motifs is 2. The van der Waals surface area contributed by atoms with Crippen LogP contribution in [-0.2, 0) is 27.4 Å². The molecule has 2 aromatic carbocycles. The molecule has 0 saturated carbocycles. The molecule has 0 radical (unpaired) electrons. The number of anilines is 2. The van der Waals surface area contributed by atoms with Gasteiger partial charge in [0.05, 0.1) is 106 Å². The van der Waals surface area contributed by atoms with E-state index >= 15 is 0 Å². The molecule has 2 saturated heterocycles. The SMILES string of the molecule is CC(C)(C)OC(=O)N1Cc2nc(-c3c(F)cccc3C#N)cc(-n3ccc(N4CCNC(=O)C4)n3)c2C1=O.N#Cc1cccc(F)c1-c1cc(-n2ccc(N3CCNC(=O)C3)n2)c2c(n1)CNC2=O. The fourth-order valence-electron chi connectivity index (χ4n) is 8.24. The highest BCUT2D eigenvalue weighted by Gasteiger charge is 2.39. The summed E-state index contributed by atoms with van der Waals surface area (Å²) in [5.74, 6) is -1.29. The number of hydrogen-bond donors (Lipinski definition) is 3. The van der Waals surface area contributed by atoms with Gasteiger partial charge in [-0.05, 0) is 57.2 Å². The third-order valence-electron chi connectivity index (χ3n) is 11.3. The Morgan fingerprint density at radius 2 is 1.19 bits per heavy atom. The Morgan fingerprint density at radius 1 is 0.681 bits per heavy atom. The fourth-order valence-corrected chi connectivity index (χ4v) is 8.24. The largest absolute Gasteiger partial charge is 0.443 e. The van der Waals surface area contributed by atoms with Crippen LogP contribution in [-0.4, -0.2) is 109 Å². The quantitative estimate of drug-likeness (QED) is 0.214. The second-order valence-corrected chi connectivity index (χ2v) is 17.1. The van der Waals surface area contributed by atoms with E-state index in [1.54, 1.807) is 56.3 Å². The minimum Gasteiger partial charge on any atom is -0.443 e. The molecular weight excluding hydrogens is 895 g/mol. The number of imide groups is 1. The van der Waals surface area contributed by atoms with Gasteiger partial charge >= 0.3 is 6.09 Å².